The highest BCUT2D eigenvalue weighted by Gasteiger charge is 2.69. The maximum atomic E-state index is 6.92. The molecule has 1 spiro atoms. The first-order chi connectivity index (χ1) is 14.3. The third kappa shape index (κ3) is 2.61. The van der Waals surface area contributed by atoms with Crippen molar-refractivity contribution in [1.82, 2.24) is 0 Å². The van der Waals surface area contributed by atoms with E-state index in [1.807, 2.05) is 0 Å². The van der Waals surface area contributed by atoms with E-state index in [1.165, 1.54) is 57.8 Å². The van der Waals surface area contributed by atoms with Crippen molar-refractivity contribution >= 4 is 0 Å². The van der Waals surface area contributed by atoms with E-state index in [2.05, 4.69) is 27.7 Å². The van der Waals surface area contributed by atoms with E-state index in [1.54, 1.807) is 0 Å². The maximum Gasteiger partial charge on any atom is 0.171 e. The van der Waals surface area contributed by atoms with Gasteiger partial charge in [0.15, 0.2) is 5.79 Å². The Bertz CT molecular complexity index is 686. The van der Waals surface area contributed by atoms with E-state index in [-0.39, 0.29) is 5.79 Å². The average Bonchev–Trinajstić information content (AvgIpc) is 3.16. The first-order valence-electron chi connectivity index (χ1n) is 13.3. The van der Waals surface area contributed by atoms with Gasteiger partial charge in [0.2, 0.25) is 0 Å². The molecule has 2 saturated heterocycles. The van der Waals surface area contributed by atoms with Crippen LogP contribution in [0.5, 0.6) is 0 Å². The molecule has 2 heterocycles. The molecule has 30 heavy (non-hydrogen) atoms. The molecule has 12 atom stereocenters. The third-order valence-corrected chi connectivity index (χ3v) is 12.0. The quantitative estimate of drug-likeness (QED) is 0.547. The Hall–Kier alpha value is -0.120. The molecule has 2 aliphatic heterocycles. The summed E-state index contributed by atoms with van der Waals surface area (Å²) in [6.07, 6.45) is 13.7. The molecular formula is C27H45NO2. The van der Waals surface area contributed by atoms with Crippen LogP contribution in [0.4, 0.5) is 0 Å². The third-order valence-electron chi connectivity index (χ3n) is 12.0. The highest BCUT2D eigenvalue weighted by molar-refractivity contribution is 5.15. The Balaban J connectivity index is 1.26. The second-order valence-corrected chi connectivity index (χ2v) is 13.2. The van der Waals surface area contributed by atoms with Crippen LogP contribution in [0, 0.1) is 52.3 Å². The molecule has 4 saturated carbocycles. The molecule has 6 rings (SSSR count). The van der Waals surface area contributed by atoms with Crippen molar-refractivity contribution in [2.24, 2.45) is 58.0 Å². The van der Waals surface area contributed by atoms with Gasteiger partial charge in [0.1, 0.15) is 0 Å². The van der Waals surface area contributed by atoms with Crippen molar-refractivity contribution in [3.05, 3.63) is 0 Å². The molecule has 2 N–H and O–H groups in total. The Kier molecular flexibility index (Phi) is 4.58. The summed E-state index contributed by atoms with van der Waals surface area (Å²) >= 11 is 0. The van der Waals surface area contributed by atoms with E-state index in [0.29, 0.717) is 40.7 Å². The fourth-order valence-electron chi connectivity index (χ4n) is 10.3. The lowest BCUT2D eigenvalue weighted by atomic mass is 9.44. The van der Waals surface area contributed by atoms with Gasteiger partial charge in [-0.3, -0.25) is 0 Å². The Morgan fingerprint density at radius 3 is 2.40 bits per heavy atom. The lowest BCUT2D eigenvalue weighted by Crippen LogP contribution is -2.55. The van der Waals surface area contributed by atoms with E-state index < -0.39 is 0 Å². The van der Waals surface area contributed by atoms with Gasteiger partial charge in [-0.2, -0.15) is 0 Å². The SMILES string of the molecule is C[C@@H]1CC[C@@]2(OC1)O[C@H]1C[C@H]3[C@@H]4CC[C@@H]5C[C@@H](N)CC[C@]5(C)[C@H]4CC[C@]3(C)[C@H]1[C@@H]2C. The summed E-state index contributed by atoms with van der Waals surface area (Å²) in [6, 6.07) is 0.461. The fraction of sp³-hybridized carbons (Fsp3) is 1.00. The molecule has 170 valence electrons. The molecule has 0 radical (unpaired) electrons. The minimum Gasteiger partial charge on any atom is -0.349 e. The highest BCUT2D eigenvalue weighted by atomic mass is 16.7. The predicted molar refractivity (Wildman–Crippen MR) is 120 cm³/mol. The van der Waals surface area contributed by atoms with E-state index in [9.17, 15) is 0 Å². The summed E-state index contributed by atoms with van der Waals surface area (Å²) in [5.41, 5.74) is 7.40. The summed E-state index contributed by atoms with van der Waals surface area (Å²) in [4.78, 5) is 0. The van der Waals surface area contributed by atoms with Crippen LogP contribution in [0.1, 0.15) is 91.9 Å². The number of ether oxygens (including phenoxy) is 2. The number of nitrogens with two attached hydrogens (primary N) is 1. The zero-order valence-electron chi connectivity index (χ0n) is 19.9. The van der Waals surface area contributed by atoms with Gasteiger partial charge < -0.3 is 15.2 Å². The molecule has 6 fully saturated rings. The molecule has 4 aliphatic carbocycles. The fourth-order valence-corrected chi connectivity index (χ4v) is 10.3. The van der Waals surface area contributed by atoms with Crippen LogP contribution in [0.25, 0.3) is 0 Å². The van der Waals surface area contributed by atoms with Crippen molar-refractivity contribution in [1.29, 1.82) is 0 Å². The number of hydrogen-bond acceptors (Lipinski definition) is 3. The summed E-state index contributed by atoms with van der Waals surface area (Å²) < 4.78 is 13.4. The van der Waals surface area contributed by atoms with Gasteiger partial charge in [-0.25, -0.2) is 0 Å². The summed E-state index contributed by atoms with van der Waals surface area (Å²) in [5.74, 6) is 5.25. The van der Waals surface area contributed by atoms with E-state index in [0.717, 1.165) is 36.7 Å². The van der Waals surface area contributed by atoms with Crippen molar-refractivity contribution in [3.8, 4) is 0 Å². The van der Waals surface area contributed by atoms with Crippen LogP contribution < -0.4 is 5.73 Å². The van der Waals surface area contributed by atoms with Gasteiger partial charge in [0.25, 0.3) is 0 Å². The number of rotatable bonds is 0. The smallest absolute Gasteiger partial charge is 0.171 e. The summed E-state index contributed by atoms with van der Waals surface area (Å²) in [7, 11) is 0. The van der Waals surface area contributed by atoms with E-state index in [4.69, 9.17) is 15.2 Å². The van der Waals surface area contributed by atoms with Gasteiger partial charge in [0.05, 0.1) is 12.7 Å². The van der Waals surface area contributed by atoms with Crippen molar-refractivity contribution in [2.45, 2.75) is 110 Å². The molecule has 0 amide bonds. The van der Waals surface area contributed by atoms with Crippen molar-refractivity contribution < 1.29 is 9.47 Å². The minimum atomic E-state index is -0.268. The zero-order chi connectivity index (χ0) is 20.9. The van der Waals surface area contributed by atoms with Crippen LogP contribution in [0.2, 0.25) is 0 Å². The topological polar surface area (TPSA) is 44.5 Å². The van der Waals surface area contributed by atoms with Gasteiger partial charge in [0, 0.05) is 18.4 Å². The van der Waals surface area contributed by atoms with Crippen LogP contribution in [0.3, 0.4) is 0 Å². The molecule has 0 aromatic rings. The van der Waals surface area contributed by atoms with Crippen LogP contribution in [-0.2, 0) is 9.47 Å². The molecule has 0 bridgehead atoms. The lowest BCUT2D eigenvalue weighted by Gasteiger charge is -2.61. The predicted octanol–water partition coefficient (Wildman–Crippen LogP) is 5.76. The standard InChI is InChI=1S/C27H45NO2/c1-16-7-12-27(29-15-16)17(2)24-23(30-27)14-22-20-6-5-18-13-19(28)8-10-25(18,3)21(20)9-11-26(22,24)4/h16-24H,5-15,28H2,1-4H3/t16-,17+,18-,19+,20-,21+,22+,23+,24+,25+,26+,27-/m1/s1. The average molecular weight is 416 g/mol. The molecule has 0 aromatic carbocycles. The van der Waals surface area contributed by atoms with Crippen LogP contribution in [0.15, 0.2) is 0 Å². The van der Waals surface area contributed by atoms with Gasteiger partial charge in [-0.1, -0.05) is 27.7 Å². The van der Waals surface area contributed by atoms with Crippen LogP contribution >= 0.6 is 0 Å². The molecule has 3 heteroatoms. The number of fused-ring (bicyclic) bond motifs is 7. The minimum absolute atomic E-state index is 0.268. The summed E-state index contributed by atoms with van der Waals surface area (Å²) in [5, 5.41) is 0. The molecule has 0 aromatic heterocycles. The normalized spacial score (nSPS) is 62.5. The second kappa shape index (κ2) is 6.70. The molecular weight excluding hydrogens is 370 g/mol. The molecule has 3 nitrogen and oxygen atoms in total. The van der Waals surface area contributed by atoms with Crippen molar-refractivity contribution in [2.75, 3.05) is 6.61 Å². The highest BCUT2D eigenvalue weighted by Crippen LogP contribution is 2.71. The van der Waals surface area contributed by atoms with Crippen LogP contribution in [-0.4, -0.2) is 24.5 Å². The Labute approximate surface area is 184 Å². The first-order valence-corrected chi connectivity index (χ1v) is 13.3. The molecule has 0 unspecified atom stereocenters. The summed E-state index contributed by atoms with van der Waals surface area (Å²) in [6.45, 7) is 11.0. The van der Waals surface area contributed by atoms with E-state index >= 15 is 0 Å². The lowest BCUT2D eigenvalue weighted by molar-refractivity contribution is -0.273. The first kappa shape index (κ1) is 20.5. The Morgan fingerprint density at radius 1 is 0.833 bits per heavy atom. The van der Waals surface area contributed by atoms with Crippen molar-refractivity contribution in [3.63, 3.8) is 0 Å². The number of hydrogen-bond donors (Lipinski definition) is 1. The van der Waals surface area contributed by atoms with Gasteiger partial charge in [-0.05, 0) is 104 Å². The second-order valence-electron chi connectivity index (χ2n) is 13.2. The molecule has 6 aliphatic rings. The van der Waals surface area contributed by atoms with Gasteiger partial charge in [-0.15, -0.1) is 0 Å². The zero-order valence-corrected chi connectivity index (χ0v) is 19.9. The Morgan fingerprint density at radius 2 is 1.63 bits per heavy atom. The monoisotopic (exact) mass is 415 g/mol. The maximum absolute atomic E-state index is 6.92. The van der Waals surface area contributed by atoms with Gasteiger partial charge >= 0.3 is 0 Å². The largest absolute Gasteiger partial charge is 0.349 e.